The quantitative estimate of drug-likeness (QED) is 0.117. The van der Waals surface area contributed by atoms with Gasteiger partial charge in [0.05, 0.1) is 9.79 Å². The lowest BCUT2D eigenvalue weighted by Crippen LogP contribution is -2.22. The summed E-state index contributed by atoms with van der Waals surface area (Å²) in [6.07, 6.45) is 3.30. The van der Waals surface area contributed by atoms with Crippen LogP contribution >= 0.6 is 11.3 Å². The molecule has 6 nitrogen and oxygen atoms in total. The summed E-state index contributed by atoms with van der Waals surface area (Å²) in [6.45, 7) is 8.20. The Morgan fingerprint density at radius 3 is 1.91 bits per heavy atom. The van der Waals surface area contributed by atoms with E-state index in [1.54, 1.807) is 35.6 Å². The van der Waals surface area contributed by atoms with Crippen molar-refractivity contribution in [1.29, 1.82) is 0 Å². The van der Waals surface area contributed by atoms with Gasteiger partial charge in [-0.05, 0) is 84.3 Å². The molecule has 2 N–H and O–H groups in total. The molecule has 1 aliphatic rings. The smallest absolute Gasteiger partial charge is 0.208 e. The van der Waals surface area contributed by atoms with Gasteiger partial charge in [0, 0.05) is 31.3 Å². The van der Waals surface area contributed by atoms with Crippen LogP contribution in [0.1, 0.15) is 73.3 Å². The zero-order chi connectivity index (χ0) is 30.6. The first-order valence-electron chi connectivity index (χ1n) is 14.0. The van der Waals surface area contributed by atoms with Gasteiger partial charge < -0.3 is 0 Å². The predicted molar refractivity (Wildman–Crippen MR) is 177 cm³/mol. The Morgan fingerprint density at radius 2 is 1.26 bits per heavy atom. The maximum absolute atomic E-state index is 12.9. The number of rotatable bonds is 4. The summed E-state index contributed by atoms with van der Waals surface area (Å²) in [5.41, 5.74) is 5.05. The van der Waals surface area contributed by atoms with Crippen LogP contribution in [0.25, 0.3) is 20.2 Å². The summed E-state index contributed by atoms with van der Waals surface area (Å²) in [5.74, 6) is -0.194. The van der Waals surface area contributed by atoms with Crippen molar-refractivity contribution in [2.45, 2.75) is 70.6 Å². The Bertz CT molecular complexity index is 1960. The molecule has 0 bridgehead atoms. The van der Waals surface area contributed by atoms with E-state index < -0.39 is 9.84 Å². The van der Waals surface area contributed by atoms with Crippen molar-refractivity contribution in [2.75, 3.05) is 0 Å². The van der Waals surface area contributed by atoms with Crippen molar-refractivity contribution in [3.63, 3.8) is 0 Å². The Labute approximate surface area is 257 Å². The van der Waals surface area contributed by atoms with E-state index in [0.717, 1.165) is 50.6 Å². The predicted octanol–water partition coefficient (Wildman–Crippen LogP) is 8.38. The van der Waals surface area contributed by atoms with E-state index in [1.807, 2.05) is 44.2 Å². The van der Waals surface area contributed by atoms with Gasteiger partial charge in [0.1, 0.15) is 0 Å². The minimum atomic E-state index is -3.62. The molecule has 0 spiro atoms. The van der Waals surface area contributed by atoms with E-state index in [9.17, 15) is 18.0 Å². The Hall–Kier alpha value is -3.69. The molecule has 0 saturated carbocycles. The van der Waals surface area contributed by atoms with Gasteiger partial charge in [0.15, 0.2) is 11.2 Å². The largest absolute Gasteiger partial charge is 0.289 e. The first kappa shape index (κ1) is 33.8. The molecular formula is C35H38O6S2. The first-order valence-corrected chi connectivity index (χ1v) is 16.3. The number of hydrogen-bond acceptors (Lipinski definition) is 7. The summed E-state index contributed by atoms with van der Waals surface area (Å²) in [6, 6.07) is 22.3. The number of hydrogen-bond donors (Lipinski definition) is 2. The van der Waals surface area contributed by atoms with Crippen LogP contribution in [-0.2, 0) is 35.5 Å². The molecule has 1 aliphatic heterocycles. The van der Waals surface area contributed by atoms with Crippen LogP contribution in [0.4, 0.5) is 0 Å². The van der Waals surface area contributed by atoms with Crippen molar-refractivity contribution in [1.82, 2.24) is 0 Å². The molecule has 0 amide bonds. The molecule has 43 heavy (non-hydrogen) atoms. The molecule has 6 rings (SSSR count). The molecule has 0 unspecified atom stereocenters. The molecule has 1 aromatic heterocycles. The van der Waals surface area contributed by atoms with E-state index in [2.05, 4.69) is 26.0 Å². The Morgan fingerprint density at radius 1 is 0.674 bits per heavy atom. The zero-order valence-corrected chi connectivity index (χ0v) is 25.7. The number of carbonyl (C=O) groups excluding carboxylic acids is 1. The number of sulfone groups is 1. The fourth-order valence-electron chi connectivity index (χ4n) is 5.36. The van der Waals surface area contributed by atoms with Crippen molar-refractivity contribution < 1.29 is 23.7 Å². The van der Waals surface area contributed by atoms with Gasteiger partial charge in [-0.15, -0.1) is 11.3 Å². The summed E-state index contributed by atoms with van der Waals surface area (Å²) in [5, 5.41) is 13.7. The first-order chi connectivity index (χ1) is 20.2. The average Bonchev–Trinajstić information content (AvgIpc) is 3.04. The molecule has 5 aromatic rings. The molecule has 0 radical (unpaired) electrons. The highest BCUT2D eigenvalue weighted by atomic mass is 32.2. The van der Waals surface area contributed by atoms with Crippen LogP contribution in [0.15, 0.2) is 87.4 Å². The summed E-state index contributed by atoms with van der Waals surface area (Å²) in [7, 11) is -3.62. The third-order valence-electron chi connectivity index (χ3n) is 7.55. The third kappa shape index (κ3) is 6.19. The number of ketones is 1. The molecule has 4 aromatic carbocycles. The second-order valence-corrected chi connectivity index (χ2v) is 12.8. The molecule has 226 valence electrons. The van der Waals surface area contributed by atoms with Crippen LogP contribution in [0.3, 0.4) is 0 Å². The lowest BCUT2D eigenvalue weighted by Gasteiger charge is -2.22. The minimum Gasteiger partial charge on any atom is -0.289 e. The van der Waals surface area contributed by atoms with Crippen LogP contribution in [0.2, 0.25) is 0 Å². The molecule has 0 fully saturated rings. The summed E-state index contributed by atoms with van der Waals surface area (Å²) >= 11 is 1.74. The van der Waals surface area contributed by atoms with Crippen LogP contribution < -0.4 is 5.43 Å². The van der Waals surface area contributed by atoms with E-state index >= 15 is 0 Å². The van der Waals surface area contributed by atoms with Crippen LogP contribution in [0, 0.1) is 0 Å². The lowest BCUT2D eigenvalue weighted by molar-refractivity contribution is -0.176. The van der Waals surface area contributed by atoms with Gasteiger partial charge in [-0.3, -0.25) is 20.1 Å². The Balaban J connectivity index is 0.000000219. The molecule has 0 aliphatic carbocycles. The lowest BCUT2D eigenvalue weighted by atomic mass is 9.96. The highest BCUT2D eigenvalue weighted by Gasteiger charge is 2.36. The average molecular weight is 619 g/mol. The van der Waals surface area contributed by atoms with Gasteiger partial charge in [0.2, 0.25) is 9.84 Å². The normalized spacial score (nSPS) is 12.7. The summed E-state index contributed by atoms with van der Waals surface area (Å²) < 4.78 is 28.0. The maximum Gasteiger partial charge on any atom is 0.208 e. The number of benzene rings is 4. The van der Waals surface area contributed by atoms with E-state index in [0.29, 0.717) is 12.0 Å². The van der Waals surface area contributed by atoms with Gasteiger partial charge in [-0.2, -0.15) is 0 Å². The minimum absolute atomic E-state index is 0. The highest BCUT2D eigenvalue weighted by Crippen LogP contribution is 2.37. The molecule has 2 heterocycles. The van der Waals surface area contributed by atoms with Gasteiger partial charge >= 0.3 is 0 Å². The van der Waals surface area contributed by atoms with E-state index in [-0.39, 0.29) is 34.0 Å². The van der Waals surface area contributed by atoms with Gasteiger partial charge in [-0.1, -0.05) is 71.5 Å². The SMILES string of the molecule is C.CCc1cc(CC)c2c(c1)C(=O)c1ccccc1S2(=O)=O.CCc1cc(CC)c2sc3ccccc3c(=O)c2c1.OO. The fraction of sp³-hybridized carbons (Fsp3) is 0.257. The highest BCUT2D eigenvalue weighted by molar-refractivity contribution is 7.91. The molecule has 0 saturated heterocycles. The number of carbonyl (C=O) groups is 1. The Kier molecular flexibility index (Phi) is 11.2. The molecule has 8 heteroatoms. The second-order valence-electron chi connectivity index (χ2n) is 9.93. The maximum atomic E-state index is 12.9. The monoisotopic (exact) mass is 618 g/mol. The van der Waals surface area contributed by atoms with Crippen molar-refractivity contribution in [3.05, 3.63) is 116 Å². The summed E-state index contributed by atoms with van der Waals surface area (Å²) in [4.78, 5) is 25.6. The second kappa shape index (κ2) is 14.2. The van der Waals surface area contributed by atoms with Crippen LogP contribution in [0.5, 0.6) is 0 Å². The van der Waals surface area contributed by atoms with Crippen molar-refractivity contribution in [2.24, 2.45) is 0 Å². The van der Waals surface area contributed by atoms with Gasteiger partial charge in [0.25, 0.3) is 0 Å². The third-order valence-corrected chi connectivity index (χ3v) is 10.8. The number of aryl methyl sites for hydroxylation is 4. The van der Waals surface area contributed by atoms with E-state index in [4.69, 9.17) is 10.5 Å². The van der Waals surface area contributed by atoms with E-state index in [1.165, 1.54) is 17.2 Å². The zero-order valence-electron chi connectivity index (χ0n) is 24.1. The molecular weight excluding hydrogens is 581 g/mol. The molecule has 0 atom stereocenters. The van der Waals surface area contributed by atoms with Crippen molar-refractivity contribution >= 4 is 47.1 Å². The van der Waals surface area contributed by atoms with Crippen molar-refractivity contribution in [3.8, 4) is 0 Å². The fourth-order valence-corrected chi connectivity index (χ4v) is 8.51. The van der Waals surface area contributed by atoms with Gasteiger partial charge in [-0.25, -0.2) is 8.42 Å². The number of fused-ring (bicyclic) bond motifs is 4. The van der Waals surface area contributed by atoms with Crippen LogP contribution in [-0.4, -0.2) is 24.7 Å². The topological polar surface area (TPSA) is 109 Å². The standard InChI is InChI=1S/C17H16O3S.C17H16OS.CH4.H2O2/c1-3-11-9-12(4-2)17-14(10-11)16(18)13-7-5-6-8-15(13)21(17,19)20;1-3-11-9-12(4-2)17-14(10-11)16(18)13-7-5-6-8-15(13)19-17;;1-2/h5-10H,3-4H2,1-2H3;5-10H,3-4H2,1-2H3;1H4;1-2H.